The Bertz CT molecular complexity index is 1100. The van der Waals surface area contributed by atoms with Gasteiger partial charge in [-0.2, -0.15) is 13.2 Å². The van der Waals surface area contributed by atoms with E-state index in [-0.39, 0.29) is 22.4 Å². The molecule has 9 heteroatoms. The van der Waals surface area contributed by atoms with Crippen LogP contribution in [0.2, 0.25) is 0 Å². The van der Waals surface area contributed by atoms with Gasteiger partial charge in [-0.05, 0) is 48.9 Å². The molecule has 3 aromatic rings. The number of carbonyl (C=O) groups is 2. The number of amides is 1. The summed E-state index contributed by atoms with van der Waals surface area (Å²) in [4.78, 5) is 24.6. The minimum absolute atomic E-state index is 0.0388. The van der Waals surface area contributed by atoms with Crippen molar-refractivity contribution < 1.29 is 32.3 Å². The molecule has 3 rings (SSSR count). The zero-order valence-corrected chi connectivity index (χ0v) is 15.1. The van der Waals surface area contributed by atoms with Gasteiger partial charge in [-0.25, -0.2) is 4.39 Å². The van der Waals surface area contributed by atoms with Crippen molar-refractivity contribution in [1.29, 1.82) is 0 Å². The normalized spacial score (nSPS) is 12.9. The highest BCUT2D eigenvalue weighted by Gasteiger charge is 2.30. The summed E-state index contributed by atoms with van der Waals surface area (Å²) in [5, 5.41) is 10.3. The average molecular weight is 408 g/mol. The Morgan fingerprint density at radius 3 is 2.31 bits per heavy atom. The van der Waals surface area contributed by atoms with Gasteiger partial charge in [-0.1, -0.05) is 0 Å². The van der Waals surface area contributed by atoms with Crippen LogP contribution < -0.4 is 5.73 Å². The molecule has 1 heterocycles. The summed E-state index contributed by atoms with van der Waals surface area (Å²) in [5.74, 6) is -2.53. The number of carbonyl (C=O) groups excluding carboxylic acids is 2. The fourth-order valence-corrected chi connectivity index (χ4v) is 3.04. The van der Waals surface area contributed by atoms with Gasteiger partial charge in [-0.3, -0.25) is 14.2 Å². The van der Waals surface area contributed by atoms with E-state index in [9.17, 15) is 32.3 Å². The number of hydrogen-bond acceptors (Lipinski definition) is 3. The van der Waals surface area contributed by atoms with Crippen molar-refractivity contribution in [2.24, 2.45) is 5.73 Å². The van der Waals surface area contributed by atoms with Gasteiger partial charge >= 0.3 is 6.18 Å². The molecule has 2 aromatic carbocycles. The van der Waals surface area contributed by atoms with Crippen LogP contribution in [0.3, 0.4) is 0 Å². The Hall–Kier alpha value is -3.36. The molecule has 0 saturated carbocycles. The van der Waals surface area contributed by atoms with Crippen molar-refractivity contribution in [3.63, 3.8) is 0 Å². The van der Waals surface area contributed by atoms with Crippen LogP contribution in [0.4, 0.5) is 17.6 Å². The van der Waals surface area contributed by atoms with Crippen LogP contribution in [0, 0.1) is 0 Å². The SMILES string of the molecule is CC(C(N)=O)c1cn(C(=O)c2ccc(C(F)(F)F)cc2)c2cc(CF)c(O)cc12. The Labute approximate surface area is 162 Å². The highest BCUT2D eigenvalue weighted by atomic mass is 19.4. The van der Waals surface area contributed by atoms with Gasteiger partial charge in [0, 0.05) is 22.7 Å². The van der Waals surface area contributed by atoms with Crippen molar-refractivity contribution in [3.8, 4) is 5.75 Å². The van der Waals surface area contributed by atoms with Crippen molar-refractivity contribution >= 4 is 22.7 Å². The molecule has 0 aliphatic heterocycles. The van der Waals surface area contributed by atoms with Crippen LogP contribution in [0.5, 0.6) is 5.75 Å². The van der Waals surface area contributed by atoms with Crippen LogP contribution >= 0.6 is 0 Å². The lowest BCUT2D eigenvalue weighted by atomic mass is 9.99. The third-order valence-corrected chi connectivity index (χ3v) is 4.75. The van der Waals surface area contributed by atoms with Crippen LogP contribution in [0.1, 0.15) is 39.9 Å². The highest BCUT2D eigenvalue weighted by Crippen LogP contribution is 2.34. The Balaban J connectivity index is 2.17. The Morgan fingerprint density at radius 2 is 1.79 bits per heavy atom. The summed E-state index contributed by atoms with van der Waals surface area (Å²) in [6, 6.07) is 6.12. The highest BCUT2D eigenvalue weighted by molar-refractivity contribution is 6.04. The predicted molar refractivity (Wildman–Crippen MR) is 97.2 cm³/mol. The van der Waals surface area contributed by atoms with Gasteiger partial charge in [0.05, 0.1) is 17.0 Å². The van der Waals surface area contributed by atoms with Crippen molar-refractivity contribution in [1.82, 2.24) is 4.57 Å². The number of halogens is 4. The average Bonchev–Trinajstić information content (AvgIpc) is 3.03. The van der Waals surface area contributed by atoms with Gasteiger partial charge in [0.2, 0.25) is 5.91 Å². The minimum Gasteiger partial charge on any atom is -0.508 e. The quantitative estimate of drug-likeness (QED) is 0.637. The van der Waals surface area contributed by atoms with Gasteiger partial charge in [0.1, 0.15) is 12.4 Å². The third-order valence-electron chi connectivity index (χ3n) is 4.75. The number of hydrogen-bond donors (Lipinski definition) is 2. The van der Waals surface area contributed by atoms with E-state index in [2.05, 4.69) is 0 Å². The zero-order valence-electron chi connectivity index (χ0n) is 15.1. The molecule has 0 aliphatic rings. The second kappa shape index (κ2) is 7.23. The fraction of sp³-hybridized carbons (Fsp3) is 0.200. The number of rotatable bonds is 4. The lowest BCUT2D eigenvalue weighted by molar-refractivity contribution is -0.137. The zero-order chi connectivity index (χ0) is 21.5. The number of alkyl halides is 4. The van der Waals surface area contributed by atoms with E-state index in [4.69, 9.17) is 5.73 Å². The number of primary amides is 1. The molecule has 1 atom stereocenters. The maximum atomic E-state index is 13.2. The number of fused-ring (bicyclic) bond motifs is 1. The van der Waals surface area contributed by atoms with E-state index in [1.807, 2.05) is 0 Å². The second-order valence-electron chi connectivity index (χ2n) is 6.59. The van der Waals surface area contributed by atoms with Crippen molar-refractivity contribution in [3.05, 3.63) is 64.8 Å². The molecule has 0 saturated heterocycles. The molecular weight excluding hydrogens is 392 g/mol. The number of nitrogens with two attached hydrogens (primary N) is 1. The van der Waals surface area contributed by atoms with E-state index in [1.165, 1.54) is 25.3 Å². The summed E-state index contributed by atoms with van der Waals surface area (Å²) in [7, 11) is 0. The number of phenols is 1. The molecule has 0 radical (unpaired) electrons. The monoisotopic (exact) mass is 408 g/mol. The molecule has 5 nitrogen and oxygen atoms in total. The molecule has 1 aromatic heterocycles. The maximum Gasteiger partial charge on any atom is 0.416 e. The fourth-order valence-electron chi connectivity index (χ4n) is 3.04. The summed E-state index contributed by atoms with van der Waals surface area (Å²) in [5.41, 5.74) is 4.85. The molecule has 1 unspecified atom stereocenters. The number of phenolic OH excluding ortho intramolecular Hbond substituents is 1. The van der Waals surface area contributed by atoms with E-state index in [0.717, 1.165) is 28.8 Å². The maximum absolute atomic E-state index is 13.2. The number of aromatic nitrogens is 1. The minimum atomic E-state index is -4.54. The van der Waals surface area contributed by atoms with E-state index >= 15 is 0 Å². The lowest BCUT2D eigenvalue weighted by Gasteiger charge is -2.09. The standard InChI is InChI=1S/C20H16F4N2O3/c1-10(18(25)28)15-9-26(16-6-12(8-21)17(27)7-14(15)16)19(29)11-2-4-13(5-3-11)20(22,23)24/h2-7,9-10,27H,8H2,1H3,(H2,25,28). The van der Waals surface area contributed by atoms with E-state index in [0.29, 0.717) is 10.9 Å². The third kappa shape index (κ3) is 3.67. The first-order chi connectivity index (χ1) is 13.5. The molecule has 29 heavy (non-hydrogen) atoms. The first-order valence-electron chi connectivity index (χ1n) is 8.48. The van der Waals surface area contributed by atoms with Crippen LogP contribution in [0.15, 0.2) is 42.6 Å². The molecule has 0 spiro atoms. The Kier molecular flexibility index (Phi) is 5.08. The van der Waals surface area contributed by atoms with Crippen molar-refractivity contribution in [2.75, 3.05) is 0 Å². The smallest absolute Gasteiger partial charge is 0.416 e. The molecule has 152 valence electrons. The van der Waals surface area contributed by atoms with E-state index < -0.39 is 36.1 Å². The van der Waals surface area contributed by atoms with Crippen LogP contribution in [-0.2, 0) is 17.6 Å². The van der Waals surface area contributed by atoms with Gasteiger partial charge in [0.15, 0.2) is 0 Å². The first-order valence-corrected chi connectivity index (χ1v) is 8.48. The van der Waals surface area contributed by atoms with Crippen molar-refractivity contribution in [2.45, 2.75) is 25.7 Å². The number of aromatic hydroxyl groups is 1. The molecular formula is C20H16F4N2O3. The largest absolute Gasteiger partial charge is 0.508 e. The molecule has 0 aliphatic carbocycles. The second-order valence-corrected chi connectivity index (χ2v) is 6.59. The summed E-state index contributed by atoms with van der Waals surface area (Å²) in [6.07, 6.45) is -3.22. The van der Waals surface area contributed by atoms with Gasteiger partial charge in [-0.15, -0.1) is 0 Å². The molecule has 0 bridgehead atoms. The van der Waals surface area contributed by atoms with E-state index in [1.54, 1.807) is 0 Å². The molecule has 3 N–H and O–H groups in total. The van der Waals surface area contributed by atoms with Crippen LogP contribution in [-0.4, -0.2) is 21.5 Å². The first kappa shape index (κ1) is 20.4. The summed E-state index contributed by atoms with van der Waals surface area (Å²) >= 11 is 0. The Morgan fingerprint density at radius 1 is 1.17 bits per heavy atom. The summed E-state index contributed by atoms with van der Waals surface area (Å²) in [6.45, 7) is 0.506. The van der Waals surface area contributed by atoms with Gasteiger partial charge < -0.3 is 10.8 Å². The topological polar surface area (TPSA) is 85.3 Å². The predicted octanol–water partition coefficient (Wildman–Crippen LogP) is 4.11. The lowest BCUT2D eigenvalue weighted by Crippen LogP contribution is -2.18. The number of nitrogens with zero attached hydrogens (tertiary/aromatic N) is 1. The number of benzene rings is 2. The molecule has 0 fully saturated rings. The van der Waals surface area contributed by atoms with Crippen LogP contribution in [0.25, 0.3) is 10.9 Å². The van der Waals surface area contributed by atoms with Gasteiger partial charge in [0.25, 0.3) is 5.91 Å². The summed E-state index contributed by atoms with van der Waals surface area (Å²) < 4.78 is 52.5. The molecule has 1 amide bonds.